The molecular weight excluding hydrogens is 359 g/mol. The number of amides is 2. The van der Waals surface area contributed by atoms with E-state index in [9.17, 15) is 31.5 Å². The normalized spacial score (nSPS) is 11.1. The quantitative estimate of drug-likeness (QED) is 0.626. The van der Waals surface area contributed by atoms with E-state index in [1.807, 2.05) is 0 Å². The molecule has 4 nitrogen and oxygen atoms in total. The van der Waals surface area contributed by atoms with Gasteiger partial charge in [-0.05, 0) is 36.4 Å². The Bertz CT molecular complexity index is 804. The van der Waals surface area contributed by atoms with Gasteiger partial charge < -0.3 is 10.6 Å². The summed E-state index contributed by atoms with van der Waals surface area (Å²) >= 11 is 0. The molecule has 26 heavy (non-hydrogen) atoms. The topological polar surface area (TPSA) is 58.2 Å². The summed E-state index contributed by atoms with van der Waals surface area (Å²) in [4.78, 5) is 23.5. The molecule has 2 rings (SSSR count). The second kappa shape index (κ2) is 7.94. The van der Waals surface area contributed by atoms with E-state index in [0.717, 1.165) is 36.4 Å². The van der Waals surface area contributed by atoms with E-state index in [-0.39, 0.29) is 24.2 Å². The lowest BCUT2D eigenvalue weighted by atomic mass is 10.1. The van der Waals surface area contributed by atoms with E-state index >= 15 is 0 Å². The predicted molar refractivity (Wildman–Crippen MR) is 82.5 cm³/mol. The summed E-state index contributed by atoms with van der Waals surface area (Å²) in [5.74, 6) is -3.24. The van der Waals surface area contributed by atoms with Crippen LogP contribution >= 0.6 is 0 Å². The smallest absolute Gasteiger partial charge is 0.350 e. The Morgan fingerprint density at radius 3 is 1.96 bits per heavy atom. The summed E-state index contributed by atoms with van der Waals surface area (Å²) in [6.07, 6.45) is -4.49. The molecule has 0 saturated heterocycles. The van der Waals surface area contributed by atoms with Crippen LogP contribution in [0.15, 0.2) is 42.5 Å². The number of carbonyl (C=O) groups excluding carboxylic acids is 2. The molecule has 0 unspecified atom stereocenters. The average Bonchev–Trinajstić information content (AvgIpc) is 2.57. The number of halogens is 5. The average molecular weight is 372 g/mol. The van der Waals surface area contributed by atoms with Crippen LogP contribution in [-0.2, 0) is 6.18 Å². The van der Waals surface area contributed by atoms with Gasteiger partial charge in [-0.2, -0.15) is 13.2 Å². The Morgan fingerprint density at radius 1 is 0.846 bits per heavy atom. The molecule has 2 aromatic carbocycles. The number of hydrogen-bond acceptors (Lipinski definition) is 2. The van der Waals surface area contributed by atoms with Crippen molar-refractivity contribution in [3.8, 4) is 0 Å². The van der Waals surface area contributed by atoms with Crippen molar-refractivity contribution >= 4 is 11.8 Å². The summed E-state index contributed by atoms with van der Waals surface area (Å²) in [5.41, 5.74) is -1.20. The van der Waals surface area contributed by atoms with Gasteiger partial charge in [-0.3, -0.25) is 9.59 Å². The van der Waals surface area contributed by atoms with Crippen LogP contribution in [-0.4, -0.2) is 24.9 Å². The SMILES string of the molecule is O=C(NCCNC(=O)c1ccc(F)cc1F)c1ccc(C(F)(F)F)cc1. The van der Waals surface area contributed by atoms with Crippen molar-refractivity contribution in [3.63, 3.8) is 0 Å². The van der Waals surface area contributed by atoms with Crippen LogP contribution in [0.4, 0.5) is 22.0 Å². The number of carbonyl (C=O) groups is 2. The highest BCUT2D eigenvalue weighted by molar-refractivity contribution is 5.95. The fourth-order valence-corrected chi connectivity index (χ4v) is 2.03. The molecule has 0 aliphatic rings. The highest BCUT2D eigenvalue weighted by Gasteiger charge is 2.30. The van der Waals surface area contributed by atoms with Crippen LogP contribution in [0.3, 0.4) is 0 Å². The van der Waals surface area contributed by atoms with Gasteiger partial charge in [0.25, 0.3) is 11.8 Å². The van der Waals surface area contributed by atoms with Crippen molar-refractivity contribution in [1.29, 1.82) is 0 Å². The molecule has 0 spiro atoms. The van der Waals surface area contributed by atoms with Gasteiger partial charge in [0.15, 0.2) is 0 Å². The summed E-state index contributed by atoms with van der Waals surface area (Å²) in [6, 6.07) is 6.13. The molecule has 2 N–H and O–H groups in total. The molecule has 2 aromatic rings. The number of rotatable bonds is 5. The minimum atomic E-state index is -4.49. The Labute approximate surface area is 145 Å². The first-order valence-corrected chi connectivity index (χ1v) is 7.37. The lowest BCUT2D eigenvalue weighted by Gasteiger charge is -2.09. The van der Waals surface area contributed by atoms with Crippen molar-refractivity contribution in [2.75, 3.05) is 13.1 Å². The minimum Gasteiger partial charge on any atom is -0.350 e. The van der Waals surface area contributed by atoms with Gasteiger partial charge >= 0.3 is 6.18 Å². The maximum Gasteiger partial charge on any atom is 0.416 e. The maximum atomic E-state index is 13.4. The van der Waals surface area contributed by atoms with Crippen molar-refractivity contribution in [2.24, 2.45) is 0 Å². The van der Waals surface area contributed by atoms with Crippen molar-refractivity contribution < 1.29 is 31.5 Å². The van der Waals surface area contributed by atoms with Crippen molar-refractivity contribution in [1.82, 2.24) is 10.6 Å². The van der Waals surface area contributed by atoms with E-state index in [1.54, 1.807) is 0 Å². The Morgan fingerprint density at radius 2 is 1.42 bits per heavy atom. The molecule has 0 fully saturated rings. The molecular formula is C17H13F5N2O2. The molecule has 0 aromatic heterocycles. The second-order valence-electron chi connectivity index (χ2n) is 5.21. The maximum absolute atomic E-state index is 13.4. The third-order valence-electron chi connectivity index (χ3n) is 3.35. The number of nitrogens with one attached hydrogen (secondary N) is 2. The Balaban J connectivity index is 1.82. The number of alkyl halides is 3. The summed E-state index contributed by atoms with van der Waals surface area (Å²) in [5, 5.41) is 4.73. The molecule has 0 saturated carbocycles. The first-order valence-electron chi connectivity index (χ1n) is 7.37. The highest BCUT2D eigenvalue weighted by Crippen LogP contribution is 2.29. The summed E-state index contributed by atoms with van der Waals surface area (Å²) in [7, 11) is 0. The molecule has 138 valence electrons. The second-order valence-corrected chi connectivity index (χ2v) is 5.21. The summed E-state index contributed by atoms with van der Waals surface area (Å²) in [6.45, 7) is -0.0869. The fraction of sp³-hybridized carbons (Fsp3) is 0.176. The van der Waals surface area contributed by atoms with E-state index in [0.29, 0.717) is 6.07 Å². The van der Waals surface area contributed by atoms with Gasteiger partial charge in [0, 0.05) is 24.7 Å². The molecule has 0 heterocycles. The van der Waals surface area contributed by atoms with Gasteiger partial charge in [-0.1, -0.05) is 0 Å². The fourth-order valence-electron chi connectivity index (χ4n) is 2.03. The van der Waals surface area contributed by atoms with E-state index in [1.165, 1.54) is 0 Å². The van der Waals surface area contributed by atoms with Gasteiger partial charge in [0.2, 0.25) is 0 Å². The lowest BCUT2D eigenvalue weighted by Crippen LogP contribution is -2.35. The van der Waals surface area contributed by atoms with Gasteiger partial charge in [0.05, 0.1) is 11.1 Å². The number of benzene rings is 2. The van der Waals surface area contributed by atoms with Crippen LogP contribution in [0.1, 0.15) is 26.3 Å². The van der Waals surface area contributed by atoms with E-state index in [2.05, 4.69) is 10.6 Å². The summed E-state index contributed by atoms with van der Waals surface area (Å²) < 4.78 is 63.5. The highest BCUT2D eigenvalue weighted by atomic mass is 19.4. The number of hydrogen-bond donors (Lipinski definition) is 2. The third kappa shape index (κ3) is 5.01. The first kappa shape index (κ1) is 19.4. The zero-order chi connectivity index (χ0) is 19.3. The Hall–Kier alpha value is -2.97. The van der Waals surface area contributed by atoms with Crippen LogP contribution in [0.5, 0.6) is 0 Å². The first-order chi connectivity index (χ1) is 12.2. The monoisotopic (exact) mass is 372 g/mol. The molecule has 0 aliphatic heterocycles. The van der Waals surface area contributed by atoms with Crippen LogP contribution in [0.25, 0.3) is 0 Å². The zero-order valence-electron chi connectivity index (χ0n) is 13.2. The largest absolute Gasteiger partial charge is 0.416 e. The van der Waals surface area contributed by atoms with Gasteiger partial charge in [-0.25, -0.2) is 8.78 Å². The van der Waals surface area contributed by atoms with Crippen LogP contribution in [0, 0.1) is 11.6 Å². The Kier molecular flexibility index (Phi) is 5.91. The predicted octanol–water partition coefficient (Wildman–Crippen LogP) is 3.14. The van der Waals surface area contributed by atoms with Gasteiger partial charge in [-0.15, -0.1) is 0 Å². The third-order valence-corrected chi connectivity index (χ3v) is 3.35. The standard InChI is InChI=1S/C17H13F5N2O2/c18-12-5-6-13(14(19)9-12)16(26)24-8-7-23-15(25)10-1-3-11(4-2-10)17(20,21)22/h1-6,9H,7-8H2,(H,23,25)(H,24,26). The molecule has 2 amide bonds. The van der Waals surface area contributed by atoms with Crippen LogP contribution < -0.4 is 10.6 Å². The molecule has 0 aliphatic carbocycles. The minimum absolute atomic E-state index is 0.0221. The zero-order valence-corrected chi connectivity index (χ0v) is 13.2. The molecule has 0 atom stereocenters. The van der Waals surface area contributed by atoms with Crippen LogP contribution in [0.2, 0.25) is 0 Å². The molecule has 0 bridgehead atoms. The molecule has 9 heteroatoms. The van der Waals surface area contributed by atoms with E-state index in [4.69, 9.17) is 0 Å². The van der Waals surface area contributed by atoms with E-state index < -0.39 is 35.2 Å². The van der Waals surface area contributed by atoms with Gasteiger partial charge in [0.1, 0.15) is 11.6 Å². The van der Waals surface area contributed by atoms with Crippen molar-refractivity contribution in [3.05, 3.63) is 70.8 Å². The molecule has 0 radical (unpaired) electrons. The van der Waals surface area contributed by atoms with Crippen molar-refractivity contribution in [2.45, 2.75) is 6.18 Å². The lowest BCUT2D eigenvalue weighted by molar-refractivity contribution is -0.137.